The molecule has 1 rings (SSSR count). The van der Waals surface area contributed by atoms with Gasteiger partial charge in [0.1, 0.15) is 0 Å². The molecule has 0 unspecified atom stereocenters. The van der Waals surface area contributed by atoms with Gasteiger partial charge in [-0.15, -0.1) is 0 Å². The van der Waals surface area contributed by atoms with Crippen LogP contribution in [0.25, 0.3) is 0 Å². The first-order valence-electron chi connectivity index (χ1n) is 4.04. The van der Waals surface area contributed by atoms with E-state index < -0.39 is 0 Å². The summed E-state index contributed by atoms with van der Waals surface area (Å²) in [6, 6.07) is 7.59. The van der Waals surface area contributed by atoms with Gasteiger partial charge in [-0.05, 0) is 25.5 Å². The average molecular weight is 163 g/mol. The highest BCUT2D eigenvalue weighted by molar-refractivity contribution is 5.95. The Labute approximate surface area is 72.4 Å². The van der Waals surface area contributed by atoms with E-state index in [0.29, 0.717) is 6.54 Å². The first-order valence-corrected chi connectivity index (χ1v) is 4.04. The molecule has 0 fully saturated rings. The van der Waals surface area contributed by atoms with Crippen molar-refractivity contribution in [2.24, 2.45) is 5.73 Å². The molecule has 0 aromatic heterocycles. The molecule has 1 aromatic carbocycles. The van der Waals surface area contributed by atoms with Gasteiger partial charge in [0.2, 0.25) is 0 Å². The highest BCUT2D eigenvalue weighted by atomic mass is 16.1. The van der Waals surface area contributed by atoms with E-state index in [1.165, 1.54) is 0 Å². The van der Waals surface area contributed by atoms with Crippen LogP contribution in [0.15, 0.2) is 24.3 Å². The molecular weight excluding hydrogens is 150 g/mol. The number of carbonyl (C=O) groups is 1. The lowest BCUT2D eigenvalue weighted by molar-refractivity contribution is 0.101. The third kappa shape index (κ3) is 1.92. The van der Waals surface area contributed by atoms with E-state index in [9.17, 15) is 4.79 Å². The van der Waals surface area contributed by atoms with Gasteiger partial charge < -0.3 is 5.73 Å². The molecule has 0 atom stereocenters. The Morgan fingerprint density at radius 3 is 2.67 bits per heavy atom. The maximum atomic E-state index is 11.1. The Morgan fingerprint density at radius 2 is 2.08 bits per heavy atom. The molecule has 0 aliphatic carbocycles. The van der Waals surface area contributed by atoms with Crippen LogP contribution >= 0.6 is 0 Å². The van der Waals surface area contributed by atoms with E-state index in [1.807, 2.05) is 24.3 Å². The van der Waals surface area contributed by atoms with Crippen molar-refractivity contribution in [3.63, 3.8) is 0 Å². The Bertz CT molecular complexity index is 281. The topological polar surface area (TPSA) is 43.1 Å². The number of benzene rings is 1. The Morgan fingerprint density at radius 1 is 1.42 bits per heavy atom. The van der Waals surface area contributed by atoms with E-state index >= 15 is 0 Å². The van der Waals surface area contributed by atoms with Gasteiger partial charge in [0.05, 0.1) is 0 Å². The lowest BCUT2D eigenvalue weighted by atomic mass is 10.0. The van der Waals surface area contributed by atoms with E-state index in [0.717, 1.165) is 17.5 Å². The first-order chi connectivity index (χ1) is 5.75. The third-order valence-corrected chi connectivity index (χ3v) is 1.81. The number of Topliss-reactive ketones (excluding diaryl/α,β-unsaturated/α-hetero) is 1. The minimum atomic E-state index is 0.110. The maximum absolute atomic E-state index is 11.1. The van der Waals surface area contributed by atoms with E-state index in [1.54, 1.807) is 6.92 Å². The smallest absolute Gasteiger partial charge is 0.160 e. The van der Waals surface area contributed by atoms with Gasteiger partial charge in [-0.25, -0.2) is 0 Å². The van der Waals surface area contributed by atoms with Crippen LogP contribution in [0.2, 0.25) is 0 Å². The molecule has 0 aliphatic heterocycles. The molecule has 1 aromatic rings. The summed E-state index contributed by atoms with van der Waals surface area (Å²) >= 11 is 0. The number of hydrogen-bond acceptors (Lipinski definition) is 2. The highest BCUT2D eigenvalue weighted by Gasteiger charge is 2.03. The van der Waals surface area contributed by atoms with E-state index in [4.69, 9.17) is 5.73 Å². The van der Waals surface area contributed by atoms with Crippen molar-refractivity contribution in [3.05, 3.63) is 35.4 Å². The molecule has 0 saturated carbocycles. The van der Waals surface area contributed by atoms with Gasteiger partial charge in [-0.2, -0.15) is 0 Å². The molecule has 0 heterocycles. The Hall–Kier alpha value is -1.15. The normalized spacial score (nSPS) is 9.83. The fraction of sp³-hybridized carbons (Fsp3) is 0.300. The Kier molecular flexibility index (Phi) is 3.00. The zero-order valence-electron chi connectivity index (χ0n) is 7.21. The number of hydrogen-bond donors (Lipinski definition) is 1. The molecule has 0 spiro atoms. The predicted molar refractivity (Wildman–Crippen MR) is 49.2 cm³/mol. The number of rotatable bonds is 3. The summed E-state index contributed by atoms with van der Waals surface area (Å²) in [6.45, 7) is 2.17. The fourth-order valence-corrected chi connectivity index (χ4v) is 1.24. The fourth-order valence-electron chi connectivity index (χ4n) is 1.24. The van der Waals surface area contributed by atoms with Crippen molar-refractivity contribution in [1.29, 1.82) is 0 Å². The van der Waals surface area contributed by atoms with Gasteiger partial charge in [0.15, 0.2) is 5.78 Å². The number of ketones is 1. The first kappa shape index (κ1) is 8.94. The van der Waals surface area contributed by atoms with Gasteiger partial charge >= 0.3 is 0 Å². The summed E-state index contributed by atoms with van der Waals surface area (Å²) in [5.74, 6) is 0.110. The molecule has 2 N–H and O–H groups in total. The molecule has 0 amide bonds. The minimum absolute atomic E-state index is 0.110. The van der Waals surface area contributed by atoms with Crippen LogP contribution in [0.1, 0.15) is 22.8 Å². The quantitative estimate of drug-likeness (QED) is 0.684. The predicted octanol–water partition coefficient (Wildman–Crippen LogP) is 1.39. The summed E-state index contributed by atoms with van der Waals surface area (Å²) < 4.78 is 0. The molecule has 64 valence electrons. The van der Waals surface area contributed by atoms with E-state index in [-0.39, 0.29) is 5.78 Å². The average Bonchev–Trinajstić information content (AvgIpc) is 2.05. The highest BCUT2D eigenvalue weighted by Crippen LogP contribution is 2.09. The van der Waals surface area contributed by atoms with Crippen molar-refractivity contribution in [1.82, 2.24) is 0 Å². The molecule has 0 radical (unpaired) electrons. The van der Waals surface area contributed by atoms with Crippen molar-refractivity contribution in [2.75, 3.05) is 6.54 Å². The van der Waals surface area contributed by atoms with Gasteiger partial charge in [-0.1, -0.05) is 24.3 Å². The number of nitrogens with two attached hydrogens (primary N) is 1. The summed E-state index contributed by atoms with van der Waals surface area (Å²) in [6.07, 6.45) is 0.774. The second-order valence-corrected chi connectivity index (χ2v) is 2.75. The molecule has 12 heavy (non-hydrogen) atoms. The zero-order valence-corrected chi connectivity index (χ0v) is 7.21. The van der Waals surface area contributed by atoms with Crippen LogP contribution in [-0.2, 0) is 6.42 Å². The van der Waals surface area contributed by atoms with Gasteiger partial charge in [0.25, 0.3) is 0 Å². The lowest BCUT2D eigenvalue weighted by Gasteiger charge is -2.03. The van der Waals surface area contributed by atoms with Crippen molar-refractivity contribution < 1.29 is 4.79 Å². The summed E-state index contributed by atoms with van der Waals surface area (Å²) in [5, 5.41) is 0. The summed E-state index contributed by atoms with van der Waals surface area (Å²) in [4.78, 5) is 11.1. The van der Waals surface area contributed by atoms with Crippen molar-refractivity contribution in [2.45, 2.75) is 13.3 Å². The molecule has 2 heteroatoms. The van der Waals surface area contributed by atoms with Crippen LogP contribution in [0.5, 0.6) is 0 Å². The molecule has 0 aliphatic rings. The number of carbonyl (C=O) groups excluding carboxylic acids is 1. The van der Waals surface area contributed by atoms with Gasteiger partial charge in [0, 0.05) is 5.56 Å². The second-order valence-electron chi connectivity index (χ2n) is 2.75. The summed E-state index contributed by atoms with van der Waals surface area (Å²) in [7, 11) is 0. The SMILES string of the molecule is CC(=O)c1ccccc1CCN. The Balaban J connectivity index is 3.00. The van der Waals surface area contributed by atoms with E-state index in [2.05, 4.69) is 0 Å². The minimum Gasteiger partial charge on any atom is -0.330 e. The maximum Gasteiger partial charge on any atom is 0.160 e. The van der Waals surface area contributed by atoms with Crippen molar-refractivity contribution in [3.8, 4) is 0 Å². The molecular formula is C10H13NO. The monoisotopic (exact) mass is 163 g/mol. The molecule has 0 saturated heterocycles. The summed E-state index contributed by atoms with van der Waals surface area (Å²) in [5.41, 5.74) is 7.26. The van der Waals surface area contributed by atoms with Crippen LogP contribution in [0.4, 0.5) is 0 Å². The van der Waals surface area contributed by atoms with Crippen LogP contribution in [0, 0.1) is 0 Å². The van der Waals surface area contributed by atoms with Crippen LogP contribution < -0.4 is 5.73 Å². The van der Waals surface area contributed by atoms with Gasteiger partial charge in [-0.3, -0.25) is 4.79 Å². The lowest BCUT2D eigenvalue weighted by Crippen LogP contribution is -2.07. The zero-order chi connectivity index (χ0) is 8.97. The second kappa shape index (κ2) is 4.02. The van der Waals surface area contributed by atoms with Crippen LogP contribution in [0.3, 0.4) is 0 Å². The molecule has 2 nitrogen and oxygen atoms in total. The standard InChI is InChI=1S/C10H13NO/c1-8(12)10-5-3-2-4-9(10)6-7-11/h2-5H,6-7,11H2,1H3. The third-order valence-electron chi connectivity index (χ3n) is 1.81. The molecule has 0 bridgehead atoms. The van der Waals surface area contributed by atoms with Crippen molar-refractivity contribution >= 4 is 5.78 Å². The van der Waals surface area contributed by atoms with Crippen LogP contribution in [-0.4, -0.2) is 12.3 Å². The largest absolute Gasteiger partial charge is 0.330 e.